The molecule has 0 aromatic carbocycles. The molecule has 2 heterocycles. The largest absolute Gasteiger partial charge is 0.355 e. The number of hydrogen-bond donors (Lipinski definition) is 2. The normalized spacial score (nSPS) is 26.6. The van der Waals surface area contributed by atoms with Gasteiger partial charge in [0, 0.05) is 19.0 Å². The summed E-state index contributed by atoms with van der Waals surface area (Å²) in [5, 5.41) is 6.60. The van der Waals surface area contributed by atoms with Crippen LogP contribution in [0.5, 0.6) is 0 Å². The van der Waals surface area contributed by atoms with E-state index >= 15 is 0 Å². The van der Waals surface area contributed by atoms with Gasteiger partial charge in [-0.3, -0.25) is 9.69 Å². The average molecular weight is 354 g/mol. The molecule has 0 saturated carbocycles. The van der Waals surface area contributed by atoms with E-state index in [2.05, 4.69) is 29.4 Å². The Kier molecular flexibility index (Phi) is 11.5. The molecule has 3 unspecified atom stereocenters. The topological polar surface area (TPSA) is 44.4 Å². The Bertz CT molecular complexity index is 312. The number of likely N-dealkylation sites (N-methyl/N-ethyl adjacent to an activating group) is 1. The van der Waals surface area contributed by atoms with Crippen LogP contribution in [0.1, 0.15) is 46.0 Å². The van der Waals surface area contributed by atoms with Gasteiger partial charge in [0.2, 0.25) is 5.91 Å². The van der Waals surface area contributed by atoms with Gasteiger partial charge in [-0.2, -0.15) is 0 Å². The smallest absolute Gasteiger partial charge is 0.220 e. The van der Waals surface area contributed by atoms with Crippen molar-refractivity contribution in [3.63, 3.8) is 0 Å². The molecule has 2 fully saturated rings. The molecule has 0 bridgehead atoms. The van der Waals surface area contributed by atoms with Gasteiger partial charge in [0.05, 0.1) is 0 Å². The van der Waals surface area contributed by atoms with Crippen LogP contribution in [0, 0.1) is 11.8 Å². The lowest BCUT2D eigenvalue weighted by Gasteiger charge is -2.28. The van der Waals surface area contributed by atoms with Crippen molar-refractivity contribution >= 4 is 30.7 Å². The Balaban J connectivity index is 0.00000220. The summed E-state index contributed by atoms with van der Waals surface area (Å²) in [5.41, 5.74) is 0. The molecule has 0 aromatic rings. The summed E-state index contributed by atoms with van der Waals surface area (Å²) in [6.45, 7) is 9.79. The van der Waals surface area contributed by atoms with Gasteiger partial charge in [0.25, 0.3) is 0 Å². The average Bonchev–Trinajstić information content (AvgIpc) is 2.93. The van der Waals surface area contributed by atoms with Gasteiger partial charge in [-0.25, -0.2) is 0 Å². The molecule has 0 aliphatic carbocycles. The molecule has 1 amide bonds. The van der Waals surface area contributed by atoms with Crippen LogP contribution in [0.15, 0.2) is 0 Å². The highest BCUT2D eigenvalue weighted by Crippen LogP contribution is 2.22. The fourth-order valence-corrected chi connectivity index (χ4v) is 3.67. The molecular formula is C16H33Cl2N3O. The van der Waals surface area contributed by atoms with Gasteiger partial charge >= 0.3 is 0 Å². The first-order chi connectivity index (χ1) is 9.70. The van der Waals surface area contributed by atoms with Crippen LogP contribution in [0.3, 0.4) is 0 Å². The lowest BCUT2D eigenvalue weighted by Crippen LogP contribution is -2.41. The summed E-state index contributed by atoms with van der Waals surface area (Å²) < 4.78 is 0. The fourth-order valence-electron chi connectivity index (χ4n) is 3.67. The second kappa shape index (κ2) is 11.5. The Labute approximate surface area is 148 Å². The highest BCUT2D eigenvalue weighted by atomic mass is 35.5. The van der Waals surface area contributed by atoms with Crippen LogP contribution in [-0.4, -0.2) is 49.6 Å². The number of carbonyl (C=O) groups is 1. The van der Waals surface area contributed by atoms with Crippen LogP contribution in [0.25, 0.3) is 0 Å². The molecule has 0 aromatic heterocycles. The summed E-state index contributed by atoms with van der Waals surface area (Å²) in [6, 6.07) is 0.565. The van der Waals surface area contributed by atoms with Gasteiger partial charge in [-0.15, -0.1) is 24.8 Å². The summed E-state index contributed by atoms with van der Waals surface area (Å²) in [7, 11) is 0. The number of nitrogens with zero attached hydrogens (tertiary/aromatic N) is 1. The third-order valence-corrected chi connectivity index (χ3v) is 5.09. The molecule has 22 heavy (non-hydrogen) atoms. The van der Waals surface area contributed by atoms with Crippen LogP contribution in [0.4, 0.5) is 0 Å². The highest BCUT2D eigenvalue weighted by molar-refractivity contribution is 5.85. The Morgan fingerprint density at radius 3 is 2.73 bits per heavy atom. The maximum Gasteiger partial charge on any atom is 0.220 e. The third-order valence-electron chi connectivity index (χ3n) is 5.09. The minimum atomic E-state index is 0. The van der Waals surface area contributed by atoms with Crippen LogP contribution < -0.4 is 10.6 Å². The van der Waals surface area contributed by atoms with Crippen molar-refractivity contribution in [2.75, 3.05) is 32.7 Å². The first kappa shape index (κ1) is 22.0. The van der Waals surface area contributed by atoms with Crippen molar-refractivity contribution in [1.82, 2.24) is 15.5 Å². The first-order valence-electron chi connectivity index (χ1n) is 8.42. The third kappa shape index (κ3) is 6.61. The lowest BCUT2D eigenvalue weighted by atomic mass is 9.85. The Morgan fingerprint density at radius 2 is 2.09 bits per heavy atom. The van der Waals surface area contributed by atoms with E-state index < -0.39 is 0 Å². The lowest BCUT2D eigenvalue weighted by molar-refractivity contribution is -0.122. The summed E-state index contributed by atoms with van der Waals surface area (Å²) in [4.78, 5) is 14.6. The summed E-state index contributed by atoms with van der Waals surface area (Å²) >= 11 is 0. The molecule has 4 nitrogen and oxygen atoms in total. The second-order valence-corrected chi connectivity index (χ2v) is 6.52. The van der Waals surface area contributed by atoms with Gasteiger partial charge < -0.3 is 10.6 Å². The Morgan fingerprint density at radius 1 is 1.32 bits per heavy atom. The molecule has 3 atom stereocenters. The Hall–Kier alpha value is -0.0300. The monoisotopic (exact) mass is 353 g/mol. The number of piperidine rings is 1. The van der Waals surface area contributed by atoms with Crippen molar-refractivity contribution in [3.8, 4) is 0 Å². The van der Waals surface area contributed by atoms with Crippen molar-refractivity contribution in [1.29, 1.82) is 0 Å². The number of halogens is 2. The quantitative estimate of drug-likeness (QED) is 0.770. The van der Waals surface area contributed by atoms with E-state index in [9.17, 15) is 4.79 Å². The SMILES string of the molecule is CCN1CCCC1CNC(=O)CC(C)C1CCCNC1.Cl.Cl. The molecule has 2 aliphatic rings. The number of amides is 1. The van der Waals surface area contributed by atoms with Crippen LogP contribution in [-0.2, 0) is 4.79 Å². The van der Waals surface area contributed by atoms with Crippen molar-refractivity contribution in [2.45, 2.75) is 52.0 Å². The van der Waals surface area contributed by atoms with E-state index in [1.54, 1.807) is 0 Å². The molecule has 2 saturated heterocycles. The fraction of sp³-hybridized carbons (Fsp3) is 0.938. The zero-order valence-electron chi connectivity index (χ0n) is 14.0. The second-order valence-electron chi connectivity index (χ2n) is 6.52. The number of likely N-dealkylation sites (tertiary alicyclic amines) is 1. The molecule has 2 aliphatic heterocycles. The predicted molar refractivity (Wildman–Crippen MR) is 97.1 cm³/mol. The van der Waals surface area contributed by atoms with E-state index in [0.717, 1.165) is 26.2 Å². The summed E-state index contributed by atoms with van der Waals surface area (Å²) in [6.07, 6.45) is 5.72. The maximum atomic E-state index is 12.1. The number of carbonyl (C=O) groups excluding carboxylic acids is 1. The van der Waals surface area contributed by atoms with Gasteiger partial charge in [-0.1, -0.05) is 13.8 Å². The molecule has 132 valence electrons. The van der Waals surface area contributed by atoms with E-state index in [1.807, 2.05) is 0 Å². The van der Waals surface area contributed by atoms with Crippen molar-refractivity contribution < 1.29 is 4.79 Å². The van der Waals surface area contributed by atoms with Crippen LogP contribution >= 0.6 is 24.8 Å². The molecule has 0 spiro atoms. The summed E-state index contributed by atoms with van der Waals surface area (Å²) in [5.74, 6) is 1.41. The molecule has 6 heteroatoms. The molecule has 2 N–H and O–H groups in total. The zero-order valence-corrected chi connectivity index (χ0v) is 15.6. The number of nitrogens with one attached hydrogen (secondary N) is 2. The van der Waals surface area contributed by atoms with Gasteiger partial charge in [0.15, 0.2) is 0 Å². The van der Waals surface area contributed by atoms with E-state index in [4.69, 9.17) is 0 Å². The number of hydrogen-bond acceptors (Lipinski definition) is 3. The van der Waals surface area contributed by atoms with E-state index in [-0.39, 0.29) is 30.7 Å². The maximum absolute atomic E-state index is 12.1. The van der Waals surface area contributed by atoms with Crippen molar-refractivity contribution in [2.24, 2.45) is 11.8 Å². The minimum Gasteiger partial charge on any atom is -0.355 e. The molecular weight excluding hydrogens is 321 g/mol. The predicted octanol–water partition coefficient (Wildman–Crippen LogP) is 2.46. The van der Waals surface area contributed by atoms with Crippen molar-refractivity contribution in [3.05, 3.63) is 0 Å². The highest BCUT2D eigenvalue weighted by Gasteiger charge is 2.25. The molecule has 0 radical (unpaired) electrons. The first-order valence-corrected chi connectivity index (χ1v) is 8.42. The van der Waals surface area contributed by atoms with Gasteiger partial charge in [0.1, 0.15) is 0 Å². The van der Waals surface area contributed by atoms with E-state index in [0.29, 0.717) is 24.3 Å². The van der Waals surface area contributed by atoms with E-state index in [1.165, 1.54) is 32.2 Å². The molecule has 2 rings (SSSR count). The zero-order chi connectivity index (χ0) is 14.4. The van der Waals surface area contributed by atoms with Gasteiger partial charge in [-0.05, 0) is 63.7 Å². The minimum absolute atomic E-state index is 0. The van der Waals surface area contributed by atoms with Crippen LogP contribution in [0.2, 0.25) is 0 Å². The standard InChI is InChI=1S/C16H31N3O.2ClH/c1-3-19-9-5-7-15(19)12-18-16(20)10-13(2)14-6-4-8-17-11-14;;/h13-15,17H,3-12H2,1-2H3,(H,18,20);2*1H. The number of rotatable bonds is 6.